The average molecular weight is 468 g/mol. The number of carbonyl (C=O) groups is 1. The molecular weight excluding hydrogens is 438 g/mol. The number of carbonyl (C=O) groups excluding carboxylic acids is 1. The number of nitrogens with zero attached hydrogens (tertiary/aromatic N) is 1. The number of H-pyrrole nitrogens is 1. The lowest BCUT2D eigenvalue weighted by molar-refractivity contribution is 0.0953. The van der Waals surface area contributed by atoms with Gasteiger partial charge in [0, 0.05) is 29.7 Å². The van der Waals surface area contributed by atoms with Crippen LogP contribution in [0.15, 0.2) is 71.5 Å². The number of aromatic nitrogens is 2. The van der Waals surface area contributed by atoms with Crippen LogP contribution in [-0.4, -0.2) is 29.7 Å². The van der Waals surface area contributed by atoms with Crippen molar-refractivity contribution in [2.75, 3.05) is 18.9 Å². The number of amides is 1. The Kier molecular flexibility index (Phi) is 6.33. The highest BCUT2D eigenvalue weighted by Gasteiger charge is 2.34. The highest BCUT2D eigenvalue weighted by molar-refractivity contribution is 5.97. The first-order valence-electron chi connectivity index (χ1n) is 12.0. The Bertz CT molecular complexity index is 1410. The molecule has 1 amide bonds. The zero-order valence-corrected chi connectivity index (χ0v) is 19.9. The fraction of sp³-hybridized carbons (Fsp3) is 0.250. The van der Waals surface area contributed by atoms with Crippen LogP contribution >= 0.6 is 0 Å². The van der Waals surface area contributed by atoms with Gasteiger partial charge in [0.25, 0.3) is 11.5 Å². The molecule has 2 unspecified atom stereocenters. The van der Waals surface area contributed by atoms with Crippen LogP contribution in [0.4, 0.5) is 5.69 Å². The summed E-state index contributed by atoms with van der Waals surface area (Å²) in [6, 6.07) is 21.8. The van der Waals surface area contributed by atoms with Crippen molar-refractivity contribution in [3.63, 3.8) is 0 Å². The zero-order valence-electron chi connectivity index (χ0n) is 19.9. The number of aromatic amines is 1. The molecule has 7 nitrogen and oxygen atoms in total. The van der Waals surface area contributed by atoms with Crippen molar-refractivity contribution in [3.8, 4) is 0 Å². The molecule has 0 saturated heterocycles. The topological polar surface area (TPSA) is 98.9 Å². The second-order valence-corrected chi connectivity index (χ2v) is 8.92. The van der Waals surface area contributed by atoms with E-state index in [9.17, 15) is 9.59 Å². The van der Waals surface area contributed by atoms with Gasteiger partial charge in [-0.1, -0.05) is 49.4 Å². The van der Waals surface area contributed by atoms with E-state index in [1.165, 1.54) is 5.56 Å². The monoisotopic (exact) mass is 467 g/mol. The Balaban J connectivity index is 1.61. The van der Waals surface area contributed by atoms with Gasteiger partial charge >= 0.3 is 0 Å². The van der Waals surface area contributed by atoms with Crippen LogP contribution in [0.3, 0.4) is 0 Å². The summed E-state index contributed by atoms with van der Waals surface area (Å²) in [7, 11) is 1.93. The fourth-order valence-corrected chi connectivity index (χ4v) is 4.85. The minimum Gasteiger partial charge on any atom is -0.377 e. The van der Waals surface area contributed by atoms with Crippen molar-refractivity contribution in [2.45, 2.75) is 31.8 Å². The summed E-state index contributed by atoms with van der Waals surface area (Å²) in [6.07, 6.45) is 0.889. The van der Waals surface area contributed by atoms with E-state index >= 15 is 0 Å². The van der Waals surface area contributed by atoms with Gasteiger partial charge in [-0.2, -0.15) is 5.10 Å². The van der Waals surface area contributed by atoms with Gasteiger partial charge in [-0.05, 0) is 54.4 Å². The number of benzene rings is 3. The first kappa shape index (κ1) is 22.8. The molecule has 4 aromatic rings. The van der Waals surface area contributed by atoms with Gasteiger partial charge in [0.05, 0.1) is 23.0 Å². The van der Waals surface area contributed by atoms with Gasteiger partial charge in [0.1, 0.15) is 0 Å². The van der Waals surface area contributed by atoms with Gasteiger partial charge in [-0.15, -0.1) is 0 Å². The summed E-state index contributed by atoms with van der Waals surface area (Å²) in [6.45, 7) is 3.48. The summed E-state index contributed by atoms with van der Waals surface area (Å²) >= 11 is 0. The van der Waals surface area contributed by atoms with Crippen LogP contribution in [0, 0.1) is 0 Å². The molecule has 1 aliphatic rings. The second kappa shape index (κ2) is 9.72. The predicted octanol–water partition coefficient (Wildman–Crippen LogP) is 4.08. The first-order valence-corrected chi connectivity index (χ1v) is 12.0. The van der Waals surface area contributed by atoms with E-state index in [-0.39, 0.29) is 23.4 Å². The molecule has 2 heterocycles. The largest absolute Gasteiger partial charge is 0.377 e. The molecule has 0 aliphatic carbocycles. The molecule has 0 saturated carbocycles. The van der Waals surface area contributed by atoms with E-state index in [1.807, 2.05) is 56.4 Å². The van der Waals surface area contributed by atoms with Gasteiger partial charge in [0.15, 0.2) is 0 Å². The lowest BCUT2D eigenvalue weighted by atomic mass is 9.79. The Morgan fingerprint density at radius 2 is 1.74 bits per heavy atom. The molecule has 1 aliphatic heterocycles. The molecule has 5 rings (SSSR count). The van der Waals surface area contributed by atoms with Crippen LogP contribution in [0.5, 0.6) is 0 Å². The maximum atomic E-state index is 12.5. The summed E-state index contributed by atoms with van der Waals surface area (Å²) in [5, 5.41) is 18.5. The Labute approximate surface area is 204 Å². The first-order chi connectivity index (χ1) is 17.1. The molecule has 1 aromatic heterocycles. The molecule has 3 aromatic carbocycles. The standard InChI is InChI=1S/C28H29N5O2/c1-3-15-30-27(34)20-13-11-18(12-14-20)23-25(19-9-7-17(8-10-19)16-29-2)31-22-6-4-5-21-24(22)26(23)32-33-28(21)35/h4-14,23,25,29,31H,3,15-16H2,1-2H3,(H,30,34)(H,33,35). The summed E-state index contributed by atoms with van der Waals surface area (Å²) in [5.74, 6) is -0.237. The summed E-state index contributed by atoms with van der Waals surface area (Å²) < 4.78 is 0. The van der Waals surface area contributed by atoms with Crippen LogP contribution in [0.1, 0.15) is 58.0 Å². The van der Waals surface area contributed by atoms with Crippen LogP contribution < -0.4 is 21.5 Å². The quantitative estimate of drug-likeness (QED) is 0.328. The maximum Gasteiger partial charge on any atom is 0.272 e. The number of hydrogen-bond acceptors (Lipinski definition) is 5. The average Bonchev–Trinajstić information content (AvgIpc) is 2.89. The van der Waals surface area contributed by atoms with E-state index in [1.54, 1.807) is 0 Å². The molecule has 2 atom stereocenters. The predicted molar refractivity (Wildman–Crippen MR) is 139 cm³/mol. The van der Waals surface area contributed by atoms with Crippen molar-refractivity contribution in [1.29, 1.82) is 0 Å². The smallest absolute Gasteiger partial charge is 0.272 e. The third-order valence-electron chi connectivity index (χ3n) is 6.57. The second-order valence-electron chi connectivity index (χ2n) is 8.92. The summed E-state index contributed by atoms with van der Waals surface area (Å²) in [4.78, 5) is 25.0. The van der Waals surface area contributed by atoms with Crippen LogP contribution in [-0.2, 0) is 6.54 Å². The van der Waals surface area contributed by atoms with E-state index < -0.39 is 0 Å². The van der Waals surface area contributed by atoms with Gasteiger partial charge < -0.3 is 16.0 Å². The minimum absolute atomic E-state index is 0.0771. The molecule has 178 valence electrons. The molecule has 0 bridgehead atoms. The maximum absolute atomic E-state index is 12.5. The van der Waals surface area contributed by atoms with Gasteiger partial charge in [-0.3, -0.25) is 9.59 Å². The van der Waals surface area contributed by atoms with Gasteiger partial charge in [0.2, 0.25) is 0 Å². The zero-order chi connectivity index (χ0) is 24.4. The molecule has 4 N–H and O–H groups in total. The SMILES string of the molecule is CCCNC(=O)c1ccc(C2c3n[nH]c(=O)c4cccc(c34)NC2c2ccc(CNC)cc2)cc1. The van der Waals surface area contributed by atoms with E-state index in [0.717, 1.165) is 40.9 Å². The third-order valence-corrected chi connectivity index (χ3v) is 6.57. The van der Waals surface area contributed by atoms with Crippen molar-refractivity contribution in [3.05, 3.63) is 105 Å². The van der Waals surface area contributed by atoms with Gasteiger partial charge in [-0.25, -0.2) is 5.10 Å². The van der Waals surface area contributed by atoms with Crippen molar-refractivity contribution in [1.82, 2.24) is 20.8 Å². The Morgan fingerprint density at radius 3 is 2.46 bits per heavy atom. The summed E-state index contributed by atoms with van der Waals surface area (Å²) in [5.41, 5.74) is 5.48. The molecule has 0 fully saturated rings. The fourth-order valence-electron chi connectivity index (χ4n) is 4.85. The number of anilines is 1. The lowest BCUT2D eigenvalue weighted by Crippen LogP contribution is -2.28. The van der Waals surface area contributed by atoms with E-state index in [4.69, 9.17) is 0 Å². The minimum atomic E-state index is -0.205. The Morgan fingerprint density at radius 1 is 1.00 bits per heavy atom. The molecule has 35 heavy (non-hydrogen) atoms. The molecule has 7 heteroatoms. The van der Waals surface area contributed by atoms with Crippen molar-refractivity contribution < 1.29 is 4.79 Å². The van der Waals surface area contributed by atoms with E-state index in [2.05, 4.69) is 50.4 Å². The number of rotatable bonds is 7. The third kappa shape index (κ3) is 4.31. The molecule has 0 radical (unpaired) electrons. The van der Waals surface area contributed by atoms with Crippen molar-refractivity contribution in [2.24, 2.45) is 0 Å². The molecule has 0 spiro atoms. The normalized spacial score (nSPS) is 16.6. The molecular formula is C28H29N5O2. The number of hydrogen-bond donors (Lipinski definition) is 4. The van der Waals surface area contributed by atoms with Crippen LogP contribution in [0.25, 0.3) is 10.8 Å². The van der Waals surface area contributed by atoms with Crippen molar-refractivity contribution >= 4 is 22.4 Å². The number of nitrogens with one attached hydrogen (secondary N) is 4. The highest BCUT2D eigenvalue weighted by Crippen LogP contribution is 2.46. The Hall–Kier alpha value is -3.97. The highest BCUT2D eigenvalue weighted by atomic mass is 16.1. The van der Waals surface area contributed by atoms with Crippen LogP contribution in [0.2, 0.25) is 0 Å². The lowest BCUT2D eigenvalue weighted by Gasteiger charge is -2.35. The van der Waals surface area contributed by atoms with E-state index in [0.29, 0.717) is 17.5 Å².